The molecule has 2 rings (SSSR count). The van der Waals surface area contributed by atoms with Gasteiger partial charge in [-0.3, -0.25) is 0 Å². The lowest BCUT2D eigenvalue weighted by atomic mass is 9.96. The van der Waals surface area contributed by atoms with E-state index in [0.717, 1.165) is 12.0 Å². The Morgan fingerprint density at radius 2 is 2.11 bits per heavy atom. The number of nitrogens with zero attached hydrogens (tertiary/aromatic N) is 2. The molecule has 2 unspecified atom stereocenters. The van der Waals surface area contributed by atoms with Gasteiger partial charge in [0.15, 0.2) is 0 Å². The highest BCUT2D eigenvalue weighted by atomic mass is 127. The second kappa shape index (κ2) is 2.07. The zero-order chi connectivity index (χ0) is 6.43. The molecule has 2 aliphatic heterocycles. The van der Waals surface area contributed by atoms with Crippen LogP contribution in [-0.2, 0) is 0 Å². The Bertz CT molecular complexity index is 128. The van der Waals surface area contributed by atoms with Gasteiger partial charge in [0.2, 0.25) is 0 Å². The molecule has 0 spiro atoms. The summed E-state index contributed by atoms with van der Waals surface area (Å²) >= 11 is 2.43. The highest BCUT2D eigenvalue weighted by Gasteiger charge is 2.43. The number of rotatable bonds is 0. The molecule has 2 fully saturated rings. The van der Waals surface area contributed by atoms with E-state index < -0.39 is 0 Å². The van der Waals surface area contributed by atoms with Crippen LogP contribution in [-0.4, -0.2) is 40.7 Å². The fraction of sp³-hybridized carbons (Fsp3) is 1.00. The Morgan fingerprint density at radius 1 is 1.33 bits per heavy atom. The average Bonchev–Trinajstić information content (AvgIpc) is 2.08. The number of hydrogen-bond donors (Lipinski definition) is 0. The van der Waals surface area contributed by atoms with Crippen LogP contribution in [0.1, 0.15) is 0 Å². The smallest absolute Gasteiger partial charge is 0.0374 e. The SMILES string of the molecule is CN1CC2CN(I)C2C1. The van der Waals surface area contributed by atoms with Gasteiger partial charge in [-0.1, -0.05) is 0 Å². The summed E-state index contributed by atoms with van der Waals surface area (Å²) in [6, 6.07) is 0.885. The molecule has 2 nitrogen and oxygen atoms in total. The van der Waals surface area contributed by atoms with Crippen LogP contribution in [0, 0.1) is 5.92 Å². The van der Waals surface area contributed by atoms with Crippen LogP contribution in [0.2, 0.25) is 0 Å². The first kappa shape index (κ1) is 6.37. The van der Waals surface area contributed by atoms with Gasteiger partial charge >= 0.3 is 0 Å². The molecular formula is C6H11IN2. The maximum absolute atomic E-state index is 2.43. The molecule has 3 heteroatoms. The van der Waals surface area contributed by atoms with Crippen LogP contribution in [0.3, 0.4) is 0 Å². The van der Waals surface area contributed by atoms with Crippen molar-refractivity contribution < 1.29 is 0 Å². The first-order valence-electron chi connectivity index (χ1n) is 3.38. The van der Waals surface area contributed by atoms with E-state index in [1.165, 1.54) is 19.6 Å². The summed E-state index contributed by atoms with van der Waals surface area (Å²) in [6.45, 7) is 3.92. The summed E-state index contributed by atoms with van der Waals surface area (Å²) in [5.74, 6) is 0.992. The lowest BCUT2D eigenvalue weighted by Gasteiger charge is -2.38. The first-order valence-corrected chi connectivity index (χ1v) is 4.35. The predicted molar refractivity (Wildman–Crippen MR) is 45.5 cm³/mol. The van der Waals surface area contributed by atoms with Gasteiger partial charge in [0.05, 0.1) is 0 Å². The largest absolute Gasteiger partial charge is 0.304 e. The zero-order valence-corrected chi connectivity index (χ0v) is 7.71. The van der Waals surface area contributed by atoms with Crippen molar-refractivity contribution in [2.75, 3.05) is 26.7 Å². The van der Waals surface area contributed by atoms with Crippen molar-refractivity contribution in [3.8, 4) is 0 Å². The lowest BCUT2D eigenvalue weighted by molar-refractivity contribution is 0.188. The van der Waals surface area contributed by atoms with Gasteiger partial charge in [0, 0.05) is 54.5 Å². The van der Waals surface area contributed by atoms with Crippen molar-refractivity contribution in [2.45, 2.75) is 6.04 Å². The molecule has 2 atom stereocenters. The minimum Gasteiger partial charge on any atom is -0.304 e. The second-order valence-electron chi connectivity index (χ2n) is 3.13. The van der Waals surface area contributed by atoms with Crippen LogP contribution in [0.4, 0.5) is 0 Å². The molecular weight excluding hydrogens is 227 g/mol. The van der Waals surface area contributed by atoms with E-state index in [2.05, 4.69) is 37.9 Å². The van der Waals surface area contributed by atoms with E-state index in [1.807, 2.05) is 0 Å². The fourth-order valence-corrected chi connectivity index (χ4v) is 2.92. The lowest BCUT2D eigenvalue weighted by Crippen LogP contribution is -2.49. The Labute approximate surface area is 69.7 Å². The highest BCUT2D eigenvalue weighted by molar-refractivity contribution is 14.1. The molecule has 0 aromatic heterocycles. The zero-order valence-electron chi connectivity index (χ0n) is 5.55. The summed E-state index contributed by atoms with van der Waals surface area (Å²) in [5, 5.41) is 0. The molecule has 9 heavy (non-hydrogen) atoms. The number of likely N-dealkylation sites (tertiary alicyclic amines) is 1. The molecule has 2 aliphatic rings. The molecule has 0 aromatic carbocycles. The van der Waals surface area contributed by atoms with Crippen LogP contribution in [0.25, 0.3) is 0 Å². The highest BCUT2D eigenvalue weighted by Crippen LogP contribution is 2.33. The van der Waals surface area contributed by atoms with E-state index >= 15 is 0 Å². The Hall–Kier alpha value is 0.650. The molecule has 0 saturated carbocycles. The molecule has 2 saturated heterocycles. The van der Waals surface area contributed by atoms with E-state index in [-0.39, 0.29) is 0 Å². The Balaban J connectivity index is 2.00. The van der Waals surface area contributed by atoms with Gasteiger partial charge in [-0.15, -0.1) is 0 Å². The normalized spacial score (nSPS) is 44.7. The van der Waals surface area contributed by atoms with Gasteiger partial charge in [-0.25, -0.2) is 3.11 Å². The van der Waals surface area contributed by atoms with Gasteiger partial charge < -0.3 is 4.90 Å². The summed E-state index contributed by atoms with van der Waals surface area (Å²) in [7, 11) is 2.21. The van der Waals surface area contributed by atoms with Crippen molar-refractivity contribution in [1.29, 1.82) is 0 Å². The van der Waals surface area contributed by atoms with Gasteiger partial charge in [0.25, 0.3) is 0 Å². The first-order chi connectivity index (χ1) is 4.27. The minimum absolute atomic E-state index is 0.885. The quantitative estimate of drug-likeness (QED) is 0.450. The fourth-order valence-electron chi connectivity index (χ4n) is 1.78. The third-order valence-corrected chi connectivity index (χ3v) is 3.47. The Kier molecular flexibility index (Phi) is 1.46. The second-order valence-corrected chi connectivity index (χ2v) is 4.37. The van der Waals surface area contributed by atoms with Crippen molar-refractivity contribution in [3.63, 3.8) is 0 Å². The van der Waals surface area contributed by atoms with Crippen LogP contribution in [0.15, 0.2) is 0 Å². The topological polar surface area (TPSA) is 6.48 Å². The maximum Gasteiger partial charge on any atom is 0.0374 e. The Morgan fingerprint density at radius 3 is 2.56 bits per heavy atom. The molecule has 52 valence electrons. The van der Waals surface area contributed by atoms with E-state index in [9.17, 15) is 0 Å². The van der Waals surface area contributed by atoms with Crippen molar-refractivity contribution in [2.24, 2.45) is 5.92 Å². The summed E-state index contributed by atoms with van der Waals surface area (Å²) in [5.41, 5.74) is 0. The number of hydrogen-bond acceptors (Lipinski definition) is 2. The summed E-state index contributed by atoms with van der Waals surface area (Å²) < 4.78 is 2.42. The third-order valence-electron chi connectivity index (χ3n) is 2.36. The summed E-state index contributed by atoms with van der Waals surface area (Å²) in [4.78, 5) is 2.42. The third kappa shape index (κ3) is 0.897. The van der Waals surface area contributed by atoms with Gasteiger partial charge in [-0.05, 0) is 7.05 Å². The number of halogens is 1. The molecule has 2 heterocycles. The predicted octanol–water partition coefficient (Wildman–Crippen LogP) is 0.582. The van der Waals surface area contributed by atoms with Crippen molar-refractivity contribution >= 4 is 22.9 Å². The molecule has 0 bridgehead atoms. The van der Waals surface area contributed by atoms with Crippen molar-refractivity contribution in [1.82, 2.24) is 8.01 Å². The van der Waals surface area contributed by atoms with Crippen LogP contribution < -0.4 is 0 Å². The average molecular weight is 238 g/mol. The van der Waals surface area contributed by atoms with Crippen LogP contribution >= 0.6 is 22.9 Å². The summed E-state index contributed by atoms with van der Waals surface area (Å²) in [6.07, 6.45) is 0. The molecule has 0 aromatic rings. The number of fused-ring (bicyclic) bond motifs is 1. The van der Waals surface area contributed by atoms with Crippen LogP contribution in [0.5, 0.6) is 0 Å². The van der Waals surface area contributed by atoms with Crippen molar-refractivity contribution in [3.05, 3.63) is 0 Å². The molecule has 0 N–H and O–H groups in total. The standard InChI is InChI=1S/C6H11IN2/c1-8-2-5-3-9(7)6(5)4-8/h5-6H,2-4H2,1H3. The number of likely N-dealkylation sites (N-methyl/N-ethyl adjacent to an activating group) is 1. The van der Waals surface area contributed by atoms with Gasteiger partial charge in [0.1, 0.15) is 0 Å². The van der Waals surface area contributed by atoms with Gasteiger partial charge in [-0.2, -0.15) is 0 Å². The molecule has 0 amide bonds. The molecule has 0 aliphatic carbocycles. The van der Waals surface area contributed by atoms with E-state index in [1.54, 1.807) is 0 Å². The monoisotopic (exact) mass is 238 g/mol. The minimum atomic E-state index is 0.885. The maximum atomic E-state index is 2.43. The van der Waals surface area contributed by atoms with E-state index in [4.69, 9.17) is 0 Å². The molecule has 0 radical (unpaired) electrons. The van der Waals surface area contributed by atoms with E-state index in [0.29, 0.717) is 0 Å².